The van der Waals surface area contributed by atoms with Crippen LogP contribution < -0.4 is 0 Å². The fourth-order valence-corrected chi connectivity index (χ4v) is 6.60. The molecule has 0 spiro atoms. The van der Waals surface area contributed by atoms with Crippen molar-refractivity contribution in [3.63, 3.8) is 0 Å². The normalized spacial score (nSPS) is 25.6. The largest absolute Gasteiger partial charge is 0.507 e. The second-order valence-electron chi connectivity index (χ2n) is 10.8. The van der Waals surface area contributed by atoms with Crippen LogP contribution in [-0.4, -0.2) is 46.6 Å². The first kappa shape index (κ1) is 25.6. The van der Waals surface area contributed by atoms with Gasteiger partial charge in [0.25, 0.3) is 0 Å². The summed E-state index contributed by atoms with van der Waals surface area (Å²) in [6, 6.07) is 10.9. The highest BCUT2D eigenvalue weighted by atomic mass is 16.5. The van der Waals surface area contributed by atoms with Gasteiger partial charge in [-0.15, -0.1) is 0 Å². The zero-order valence-electron chi connectivity index (χ0n) is 21.5. The maximum absolute atomic E-state index is 13.6. The number of aryl methyl sites for hydroxylation is 2. The molecule has 2 aromatic carbocycles. The average molecular weight is 500 g/mol. The van der Waals surface area contributed by atoms with Crippen molar-refractivity contribution in [1.29, 1.82) is 0 Å². The molecule has 0 bridgehead atoms. The lowest BCUT2D eigenvalue weighted by Crippen LogP contribution is -2.51. The zero-order valence-corrected chi connectivity index (χ0v) is 21.5. The van der Waals surface area contributed by atoms with Gasteiger partial charge in [0.05, 0.1) is 12.7 Å². The van der Waals surface area contributed by atoms with Crippen LogP contribution in [0.15, 0.2) is 53.1 Å². The maximum atomic E-state index is 13.6. The Balaban J connectivity index is 1.43. The number of phenols is 1. The number of hydrogen-bond donors (Lipinski definition) is 3. The van der Waals surface area contributed by atoms with Gasteiger partial charge in [-0.2, -0.15) is 0 Å². The Morgan fingerprint density at radius 3 is 2.38 bits per heavy atom. The van der Waals surface area contributed by atoms with Gasteiger partial charge in [-0.25, -0.2) is 0 Å². The number of allylic oxidation sites excluding steroid dienone is 1. The van der Waals surface area contributed by atoms with Gasteiger partial charge < -0.3 is 19.9 Å². The number of carbonyl (C=O) groups excluding carboxylic acids is 2. The molecular weight excluding hydrogens is 467 g/mol. The number of phenolic OH excluding ortho intramolecular Hbond substituents is 1. The Morgan fingerprint density at radius 2 is 1.73 bits per heavy atom. The predicted octanol–water partition coefficient (Wildman–Crippen LogP) is 4.69. The van der Waals surface area contributed by atoms with E-state index in [1.54, 1.807) is 24.3 Å². The average Bonchev–Trinajstić information content (AvgIpc) is 2.87. The second-order valence-corrected chi connectivity index (χ2v) is 10.8. The maximum Gasteiger partial charge on any atom is 0.455 e. The summed E-state index contributed by atoms with van der Waals surface area (Å²) >= 11 is 0. The number of fused-ring (bicyclic) bond motifs is 4. The summed E-state index contributed by atoms with van der Waals surface area (Å²) in [5, 5.41) is 31.0. The van der Waals surface area contributed by atoms with Crippen molar-refractivity contribution in [2.75, 3.05) is 6.61 Å². The van der Waals surface area contributed by atoms with Crippen molar-refractivity contribution < 1.29 is 29.5 Å². The second kappa shape index (κ2) is 10.0. The molecule has 2 aromatic rings. The van der Waals surface area contributed by atoms with E-state index in [9.17, 15) is 24.8 Å². The van der Waals surface area contributed by atoms with Gasteiger partial charge in [0.1, 0.15) is 5.75 Å². The van der Waals surface area contributed by atoms with Crippen LogP contribution in [0, 0.1) is 31.6 Å². The molecule has 192 valence electrons. The number of Topliss-reactive ketones (excluding diaryl/α,β-unsaturated/α-hetero) is 2. The monoisotopic (exact) mass is 500 g/mol. The van der Waals surface area contributed by atoms with Crippen LogP contribution in [0.4, 0.5) is 0 Å². The third-order valence-electron chi connectivity index (χ3n) is 8.28. The first-order valence-corrected chi connectivity index (χ1v) is 13.0. The van der Waals surface area contributed by atoms with E-state index >= 15 is 0 Å². The number of benzene rings is 2. The highest BCUT2D eigenvalue weighted by Crippen LogP contribution is 2.50. The lowest BCUT2D eigenvalue weighted by Gasteiger charge is -2.47. The minimum absolute atomic E-state index is 0.0540. The Morgan fingerprint density at radius 1 is 1.08 bits per heavy atom. The molecule has 0 unspecified atom stereocenters. The molecule has 0 aromatic heterocycles. The van der Waals surface area contributed by atoms with Gasteiger partial charge in [-0.3, -0.25) is 9.59 Å². The van der Waals surface area contributed by atoms with Gasteiger partial charge >= 0.3 is 7.12 Å². The van der Waals surface area contributed by atoms with Crippen LogP contribution >= 0.6 is 0 Å². The molecule has 3 aliphatic rings. The number of carbonyl (C=O) groups is 2. The molecule has 0 amide bonds. The molecular formula is C30H33BO6. The molecule has 1 heterocycles. The van der Waals surface area contributed by atoms with Gasteiger partial charge in [-0.05, 0) is 92.2 Å². The summed E-state index contributed by atoms with van der Waals surface area (Å²) in [6.07, 6.45) is 3.48. The molecule has 2 aliphatic carbocycles. The zero-order chi connectivity index (χ0) is 26.4. The summed E-state index contributed by atoms with van der Waals surface area (Å²) < 4.78 is 5.98. The van der Waals surface area contributed by atoms with Gasteiger partial charge in [0, 0.05) is 23.0 Å². The van der Waals surface area contributed by atoms with E-state index in [4.69, 9.17) is 4.65 Å². The van der Waals surface area contributed by atoms with Crippen LogP contribution in [0.2, 0.25) is 6.32 Å². The number of ketones is 2. The molecule has 7 heteroatoms. The number of hydrogen-bond acceptors (Lipinski definition) is 6. The molecule has 5 rings (SSSR count). The van der Waals surface area contributed by atoms with E-state index in [1.807, 2.05) is 32.9 Å². The molecule has 4 atom stereocenters. The first-order valence-electron chi connectivity index (χ1n) is 13.0. The number of aromatic hydroxyl groups is 1. The molecule has 0 radical (unpaired) electrons. The smallest absolute Gasteiger partial charge is 0.455 e. The van der Waals surface area contributed by atoms with Crippen LogP contribution in [0.3, 0.4) is 0 Å². The summed E-state index contributed by atoms with van der Waals surface area (Å²) in [6.45, 7) is 5.59. The lowest BCUT2D eigenvalue weighted by molar-refractivity contribution is 0.0590. The van der Waals surface area contributed by atoms with Gasteiger partial charge in [-0.1, -0.05) is 35.9 Å². The Bertz CT molecular complexity index is 1300. The summed E-state index contributed by atoms with van der Waals surface area (Å²) in [5.74, 6) is -1.21. The number of aliphatic hydroxyl groups excluding tert-OH is 1. The highest BCUT2D eigenvalue weighted by Gasteiger charge is 2.53. The van der Waals surface area contributed by atoms with E-state index in [0.29, 0.717) is 36.1 Å². The minimum atomic E-state index is -1.04. The van der Waals surface area contributed by atoms with Crippen LogP contribution in [0.5, 0.6) is 5.75 Å². The molecule has 1 aliphatic heterocycles. The topological polar surface area (TPSA) is 104 Å². The standard InChI is InChI=1S/C30H33BO6/c1-16(10-19-11-17(2)28(33)18(3)12-19)8-9-25-26-20(15-32)13-23-27(24(26)14-31(36)37-25)30(35)22-7-5-4-6-21(22)29(23)34/h4-7,10-12,23-25,27,32-33,36H,8-9,13-15H2,1-3H3/b16-10+/t23-,24+,25-,27-/m1/s1. The first-order chi connectivity index (χ1) is 17.7. The summed E-state index contributed by atoms with van der Waals surface area (Å²) in [5.41, 5.74) is 6.33. The van der Waals surface area contributed by atoms with Crippen LogP contribution in [0.1, 0.15) is 63.6 Å². The van der Waals surface area contributed by atoms with Crippen molar-refractivity contribution in [3.8, 4) is 5.75 Å². The van der Waals surface area contributed by atoms with Crippen molar-refractivity contribution in [2.45, 2.75) is 52.5 Å². The Labute approximate surface area is 217 Å². The molecule has 37 heavy (non-hydrogen) atoms. The number of aliphatic hydroxyl groups is 1. The van der Waals surface area contributed by atoms with Crippen LogP contribution in [-0.2, 0) is 4.65 Å². The van der Waals surface area contributed by atoms with Crippen molar-refractivity contribution in [1.82, 2.24) is 0 Å². The van der Waals surface area contributed by atoms with E-state index in [1.165, 1.54) is 0 Å². The van der Waals surface area contributed by atoms with Crippen molar-refractivity contribution in [3.05, 3.63) is 80.9 Å². The van der Waals surface area contributed by atoms with E-state index in [-0.39, 0.29) is 30.4 Å². The third-order valence-corrected chi connectivity index (χ3v) is 8.28. The van der Waals surface area contributed by atoms with Gasteiger partial charge in [0.2, 0.25) is 0 Å². The highest BCUT2D eigenvalue weighted by molar-refractivity contribution is 6.43. The van der Waals surface area contributed by atoms with E-state index < -0.39 is 25.1 Å². The Kier molecular flexibility index (Phi) is 6.96. The van der Waals surface area contributed by atoms with E-state index in [2.05, 4.69) is 6.08 Å². The van der Waals surface area contributed by atoms with Crippen molar-refractivity contribution >= 4 is 24.8 Å². The van der Waals surface area contributed by atoms with E-state index in [0.717, 1.165) is 33.4 Å². The molecule has 1 fully saturated rings. The SMILES string of the molecule is C/C(=C\c1cc(C)c(O)c(C)c1)CC[C@H]1OB(O)C[C@H]2C1=C(CO)C[C@H]1C(=O)c3ccccc3C(=O)[C@H]12. The third kappa shape index (κ3) is 4.61. The predicted molar refractivity (Wildman–Crippen MR) is 142 cm³/mol. The fourth-order valence-electron chi connectivity index (χ4n) is 6.60. The minimum Gasteiger partial charge on any atom is -0.507 e. The Hall–Kier alpha value is -3.00. The van der Waals surface area contributed by atoms with Gasteiger partial charge in [0.15, 0.2) is 11.6 Å². The molecule has 6 nitrogen and oxygen atoms in total. The number of rotatable bonds is 5. The summed E-state index contributed by atoms with van der Waals surface area (Å²) in [7, 11) is -1.04. The quantitative estimate of drug-likeness (QED) is 0.407. The lowest BCUT2D eigenvalue weighted by atomic mass is 9.54. The fraction of sp³-hybridized carbons (Fsp3) is 0.400. The van der Waals surface area contributed by atoms with Crippen molar-refractivity contribution in [2.24, 2.45) is 17.8 Å². The molecule has 1 saturated heterocycles. The molecule has 3 N–H and O–H groups in total. The molecule has 0 saturated carbocycles. The summed E-state index contributed by atoms with van der Waals surface area (Å²) in [4.78, 5) is 27.0. The van der Waals surface area contributed by atoms with Crippen LogP contribution in [0.25, 0.3) is 6.08 Å².